The number of ketones is 1. The van der Waals surface area contributed by atoms with Crippen LogP contribution in [0.4, 0.5) is 0 Å². The van der Waals surface area contributed by atoms with Gasteiger partial charge in [-0.05, 0) is 11.5 Å². The van der Waals surface area contributed by atoms with E-state index in [0.717, 1.165) is 5.56 Å². The molecule has 0 amide bonds. The molecule has 2 nitrogen and oxygen atoms in total. The Morgan fingerprint density at radius 1 is 1.36 bits per heavy atom. The molecular weight excluding hydrogens is 198 g/mol. The van der Waals surface area contributed by atoms with E-state index in [9.17, 15) is 4.79 Å². The number of hydrogen-bond acceptors (Lipinski definition) is 2. The van der Waals surface area contributed by atoms with Gasteiger partial charge in [-0.15, -0.1) is 0 Å². The monoisotopic (exact) mass is 211 g/mol. The number of rotatable bonds is 3. The van der Waals surface area contributed by atoms with Crippen molar-refractivity contribution in [3.8, 4) is 0 Å². The molecule has 0 spiro atoms. The van der Waals surface area contributed by atoms with Crippen LogP contribution in [0.1, 0.15) is 35.7 Å². The van der Waals surface area contributed by atoms with E-state index in [1.807, 2.05) is 32.0 Å². The van der Waals surface area contributed by atoms with Crippen molar-refractivity contribution in [2.75, 3.05) is 0 Å². The number of halogens is 1. The fourth-order valence-corrected chi connectivity index (χ4v) is 1.49. The predicted molar refractivity (Wildman–Crippen MR) is 58.7 cm³/mol. The molecule has 0 aliphatic carbocycles. The highest BCUT2D eigenvalue weighted by atomic mass is 35.5. The Bertz CT molecular complexity index is 334. The molecule has 0 saturated heterocycles. The molecule has 3 heteroatoms. The van der Waals surface area contributed by atoms with Crippen molar-refractivity contribution in [1.29, 1.82) is 0 Å². The van der Waals surface area contributed by atoms with Gasteiger partial charge in [0, 0.05) is 5.56 Å². The Balaban J connectivity index is 3.13. The van der Waals surface area contributed by atoms with Crippen LogP contribution in [0.2, 0.25) is 0 Å². The van der Waals surface area contributed by atoms with Gasteiger partial charge < -0.3 is 5.73 Å². The van der Waals surface area contributed by atoms with E-state index >= 15 is 0 Å². The average Bonchev–Trinajstić information content (AvgIpc) is 2.16. The van der Waals surface area contributed by atoms with Crippen LogP contribution in [0.15, 0.2) is 24.3 Å². The SMILES string of the molecule is CC(C)c1ccccc1C(=O)C(N)Cl. The summed E-state index contributed by atoms with van der Waals surface area (Å²) in [6.07, 6.45) is 0. The first-order chi connectivity index (χ1) is 6.54. The van der Waals surface area contributed by atoms with Crippen molar-refractivity contribution in [1.82, 2.24) is 0 Å². The molecule has 0 heterocycles. The van der Waals surface area contributed by atoms with Crippen molar-refractivity contribution in [2.45, 2.75) is 25.3 Å². The Labute approximate surface area is 89.1 Å². The maximum absolute atomic E-state index is 11.6. The van der Waals surface area contributed by atoms with Crippen LogP contribution >= 0.6 is 11.6 Å². The third-order valence-corrected chi connectivity index (χ3v) is 2.30. The van der Waals surface area contributed by atoms with Gasteiger partial charge in [-0.3, -0.25) is 4.79 Å². The van der Waals surface area contributed by atoms with Gasteiger partial charge in [0.25, 0.3) is 0 Å². The lowest BCUT2D eigenvalue weighted by Gasteiger charge is -2.12. The van der Waals surface area contributed by atoms with Gasteiger partial charge in [0.1, 0.15) is 5.50 Å². The lowest BCUT2D eigenvalue weighted by Crippen LogP contribution is -2.25. The van der Waals surface area contributed by atoms with Crippen LogP contribution < -0.4 is 5.73 Å². The van der Waals surface area contributed by atoms with Crippen LogP contribution in [-0.4, -0.2) is 11.3 Å². The number of alkyl halides is 1. The van der Waals surface area contributed by atoms with E-state index in [-0.39, 0.29) is 5.78 Å². The first-order valence-corrected chi connectivity index (χ1v) is 5.00. The predicted octanol–water partition coefficient (Wildman–Crippen LogP) is 2.52. The average molecular weight is 212 g/mol. The van der Waals surface area contributed by atoms with Gasteiger partial charge in [0.15, 0.2) is 5.78 Å². The summed E-state index contributed by atoms with van der Waals surface area (Å²) in [6.45, 7) is 4.07. The molecule has 0 fully saturated rings. The van der Waals surface area contributed by atoms with E-state index in [4.69, 9.17) is 17.3 Å². The molecule has 1 aromatic carbocycles. The minimum atomic E-state index is -0.949. The minimum Gasteiger partial charge on any atom is -0.309 e. The van der Waals surface area contributed by atoms with Crippen LogP contribution in [-0.2, 0) is 0 Å². The van der Waals surface area contributed by atoms with Crippen molar-refractivity contribution >= 4 is 17.4 Å². The standard InChI is InChI=1S/C11H14ClNO/c1-7(2)8-5-3-4-6-9(8)10(14)11(12)13/h3-7,11H,13H2,1-2H3. The van der Waals surface area contributed by atoms with Crippen molar-refractivity contribution in [3.63, 3.8) is 0 Å². The highest BCUT2D eigenvalue weighted by Gasteiger charge is 2.17. The minimum absolute atomic E-state index is 0.212. The summed E-state index contributed by atoms with van der Waals surface area (Å²) in [6, 6.07) is 7.42. The molecule has 1 atom stereocenters. The van der Waals surface area contributed by atoms with Crippen LogP contribution in [0.25, 0.3) is 0 Å². The topological polar surface area (TPSA) is 43.1 Å². The fourth-order valence-electron chi connectivity index (χ4n) is 1.37. The molecule has 0 aromatic heterocycles. The lowest BCUT2D eigenvalue weighted by atomic mass is 9.95. The lowest BCUT2D eigenvalue weighted by molar-refractivity contribution is 0.0987. The Morgan fingerprint density at radius 3 is 2.43 bits per heavy atom. The Morgan fingerprint density at radius 2 is 1.93 bits per heavy atom. The summed E-state index contributed by atoms with van der Waals surface area (Å²) in [4.78, 5) is 11.6. The molecule has 14 heavy (non-hydrogen) atoms. The largest absolute Gasteiger partial charge is 0.309 e. The number of carbonyl (C=O) groups is 1. The number of benzene rings is 1. The van der Waals surface area contributed by atoms with Crippen LogP contribution in [0, 0.1) is 0 Å². The summed E-state index contributed by atoms with van der Waals surface area (Å²) in [7, 11) is 0. The van der Waals surface area contributed by atoms with Crippen molar-refractivity contribution in [2.24, 2.45) is 5.73 Å². The molecular formula is C11H14ClNO. The zero-order chi connectivity index (χ0) is 10.7. The van der Waals surface area contributed by atoms with E-state index in [2.05, 4.69) is 0 Å². The van der Waals surface area contributed by atoms with Crippen LogP contribution in [0.3, 0.4) is 0 Å². The maximum Gasteiger partial charge on any atom is 0.195 e. The van der Waals surface area contributed by atoms with E-state index in [1.54, 1.807) is 6.07 Å². The summed E-state index contributed by atoms with van der Waals surface area (Å²) >= 11 is 5.57. The fraction of sp³-hybridized carbons (Fsp3) is 0.364. The second kappa shape index (κ2) is 4.58. The van der Waals surface area contributed by atoms with Crippen molar-refractivity contribution < 1.29 is 4.79 Å². The van der Waals surface area contributed by atoms with Gasteiger partial charge in [-0.25, -0.2) is 0 Å². The van der Waals surface area contributed by atoms with Gasteiger partial charge in [-0.1, -0.05) is 49.7 Å². The zero-order valence-corrected chi connectivity index (χ0v) is 9.08. The highest BCUT2D eigenvalue weighted by Crippen LogP contribution is 2.20. The third-order valence-electron chi connectivity index (χ3n) is 2.10. The molecule has 0 aliphatic rings. The van der Waals surface area contributed by atoms with Gasteiger partial charge in [0.05, 0.1) is 0 Å². The molecule has 0 saturated carbocycles. The molecule has 1 rings (SSSR count). The summed E-state index contributed by atoms with van der Waals surface area (Å²) in [5.41, 5.74) is 6.03. The zero-order valence-electron chi connectivity index (χ0n) is 8.33. The normalized spacial score (nSPS) is 12.9. The molecule has 1 unspecified atom stereocenters. The van der Waals surface area contributed by atoms with E-state index in [1.165, 1.54) is 0 Å². The first kappa shape index (κ1) is 11.2. The van der Waals surface area contributed by atoms with Crippen LogP contribution in [0.5, 0.6) is 0 Å². The Hall–Kier alpha value is -0.860. The number of carbonyl (C=O) groups excluding carboxylic acids is 1. The quantitative estimate of drug-likeness (QED) is 0.474. The van der Waals surface area contributed by atoms with E-state index in [0.29, 0.717) is 11.5 Å². The molecule has 0 bridgehead atoms. The summed E-state index contributed by atoms with van der Waals surface area (Å²) < 4.78 is 0. The second-order valence-corrected chi connectivity index (χ2v) is 3.98. The number of hydrogen-bond donors (Lipinski definition) is 1. The van der Waals surface area contributed by atoms with Gasteiger partial charge >= 0.3 is 0 Å². The summed E-state index contributed by atoms with van der Waals surface area (Å²) in [5, 5.41) is 0. The number of Topliss-reactive ketones (excluding diaryl/α,β-unsaturated/α-hetero) is 1. The Kier molecular flexibility index (Phi) is 3.67. The molecule has 1 aromatic rings. The molecule has 0 radical (unpaired) electrons. The molecule has 0 aliphatic heterocycles. The second-order valence-electron chi connectivity index (χ2n) is 3.51. The molecule has 2 N–H and O–H groups in total. The van der Waals surface area contributed by atoms with Gasteiger partial charge in [-0.2, -0.15) is 0 Å². The third kappa shape index (κ3) is 2.34. The first-order valence-electron chi connectivity index (χ1n) is 4.57. The smallest absolute Gasteiger partial charge is 0.195 e. The van der Waals surface area contributed by atoms with Crippen molar-refractivity contribution in [3.05, 3.63) is 35.4 Å². The van der Waals surface area contributed by atoms with Gasteiger partial charge in [0.2, 0.25) is 0 Å². The maximum atomic E-state index is 11.6. The molecule has 76 valence electrons. The van der Waals surface area contributed by atoms with E-state index < -0.39 is 5.50 Å². The number of nitrogens with two attached hydrogens (primary N) is 1. The summed E-state index contributed by atoms with van der Waals surface area (Å²) in [5.74, 6) is 0.0848. The highest BCUT2D eigenvalue weighted by molar-refractivity contribution is 6.33.